The molecule has 1 aromatic rings. The first kappa shape index (κ1) is 18.8. The Morgan fingerprint density at radius 3 is 2.71 bits per heavy atom. The molecule has 1 fully saturated rings. The second-order valence-corrected chi connectivity index (χ2v) is 7.16. The van der Waals surface area contributed by atoms with Gasteiger partial charge in [0.25, 0.3) is 0 Å². The normalized spacial score (nSPS) is 18.4. The average molecular weight is 331 g/mol. The molecule has 1 aromatic carbocycles. The third kappa shape index (κ3) is 6.16. The highest BCUT2D eigenvalue weighted by molar-refractivity contribution is 5.79. The van der Waals surface area contributed by atoms with Gasteiger partial charge < -0.3 is 15.5 Å². The maximum atomic E-state index is 4.80. The molecule has 0 radical (unpaired) electrons. The van der Waals surface area contributed by atoms with E-state index in [4.69, 9.17) is 4.99 Å². The zero-order chi connectivity index (χ0) is 17.4. The molecule has 24 heavy (non-hydrogen) atoms. The Morgan fingerprint density at radius 1 is 1.29 bits per heavy atom. The molecule has 0 amide bonds. The zero-order valence-corrected chi connectivity index (χ0v) is 15.8. The Kier molecular flexibility index (Phi) is 7.57. The molecule has 1 atom stereocenters. The minimum atomic E-state index is 0.434. The van der Waals surface area contributed by atoms with Crippen LogP contribution in [0.4, 0.5) is 0 Å². The molecular weight excluding hydrogens is 296 g/mol. The lowest BCUT2D eigenvalue weighted by Crippen LogP contribution is -2.42. The SMILES string of the molecule is CCNC(=NCC(C)c1cccc(C)c1)NCC1CCN(C)CC1. The Labute approximate surface area is 147 Å². The van der Waals surface area contributed by atoms with E-state index < -0.39 is 0 Å². The average Bonchev–Trinajstić information content (AvgIpc) is 2.58. The van der Waals surface area contributed by atoms with Crippen LogP contribution in [0.3, 0.4) is 0 Å². The predicted octanol–water partition coefficient (Wildman–Crippen LogP) is 3.00. The molecule has 4 heteroatoms. The highest BCUT2D eigenvalue weighted by Gasteiger charge is 2.16. The highest BCUT2D eigenvalue weighted by Crippen LogP contribution is 2.17. The highest BCUT2D eigenvalue weighted by atomic mass is 15.2. The number of piperidine rings is 1. The molecule has 1 unspecified atom stereocenters. The lowest BCUT2D eigenvalue weighted by atomic mass is 9.97. The van der Waals surface area contributed by atoms with Crippen molar-refractivity contribution in [3.05, 3.63) is 35.4 Å². The van der Waals surface area contributed by atoms with Crippen LogP contribution in [0, 0.1) is 12.8 Å². The van der Waals surface area contributed by atoms with Crippen molar-refractivity contribution < 1.29 is 0 Å². The second-order valence-electron chi connectivity index (χ2n) is 7.16. The molecule has 0 bridgehead atoms. The summed E-state index contributed by atoms with van der Waals surface area (Å²) in [4.78, 5) is 7.22. The van der Waals surface area contributed by atoms with Crippen molar-refractivity contribution in [2.24, 2.45) is 10.9 Å². The minimum absolute atomic E-state index is 0.434. The van der Waals surface area contributed by atoms with Gasteiger partial charge in [0.2, 0.25) is 0 Å². The van der Waals surface area contributed by atoms with Crippen LogP contribution in [0.5, 0.6) is 0 Å². The molecule has 1 aliphatic heterocycles. The standard InChI is InChI=1S/C20H34N4/c1-5-21-20(23-15-18-9-11-24(4)12-10-18)22-14-17(3)19-8-6-7-16(2)13-19/h6-8,13,17-18H,5,9-12,14-15H2,1-4H3,(H2,21,22,23). The van der Waals surface area contributed by atoms with Gasteiger partial charge in [0.1, 0.15) is 0 Å². The maximum absolute atomic E-state index is 4.80. The number of aryl methyl sites for hydroxylation is 1. The van der Waals surface area contributed by atoms with Crippen LogP contribution in [0.1, 0.15) is 43.7 Å². The van der Waals surface area contributed by atoms with E-state index in [-0.39, 0.29) is 0 Å². The smallest absolute Gasteiger partial charge is 0.191 e. The number of hydrogen-bond donors (Lipinski definition) is 2. The van der Waals surface area contributed by atoms with Crippen LogP contribution in [-0.4, -0.2) is 50.6 Å². The molecule has 0 saturated carbocycles. The zero-order valence-electron chi connectivity index (χ0n) is 15.8. The number of rotatable bonds is 6. The van der Waals surface area contributed by atoms with E-state index >= 15 is 0 Å². The van der Waals surface area contributed by atoms with Crippen molar-refractivity contribution in [3.8, 4) is 0 Å². The molecule has 1 aliphatic rings. The van der Waals surface area contributed by atoms with E-state index in [0.29, 0.717) is 5.92 Å². The summed E-state index contributed by atoms with van der Waals surface area (Å²) in [5.41, 5.74) is 2.68. The van der Waals surface area contributed by atoms with Crippen molar-refractivity contribution in [2.75, 3.05) is 39.8 Å². The van der Waals surface area contributed by atoms with E-state index in [9.17, 15) is 0 Å². The number of guanidine groups is 1. The van der Waals surface area contributed by atoms with Crippen LogP contribution >= 0.6 is 0 Å². The third-order valence-electron chi connectivity index (χ3n) is 4.87. The van der Waals surface area contributed by atoms with Crippen molar-refractivity contribution in [2.45, 2.75) is 39.5 Å². The van der Waals surface area contributed by atoms with E-state index in [0.717, 1.165) is 31.5 Å². The molecular formula is C20H34N4. The Bertz CT molecular complexity index is 518. The van der Waals surface area contributed by atoms with E-state index in [1.807, 2.05) is 0 Å². The fourth-order valence-corrected chi connectivity index (χ4v) is 3.16. The molecule has 0 spiro atoms. The lowest BCUT2D eigenvalue weighted by Gasteiger charge is -2.29. The summed E-state index contributed by atoms with van der Waals surface area (Å²) >= 11 is 0. The van der Waals surface area contributed by atoms with Gasteiger partial charge in [-0.15, -0.1) is 0 Å². The summed E-state index contributed by atoms with van der Waals surface area (Å²) in [5.74, 6) is 2.15. The molecule has 134 valence electrons. The minimum Gasteiger partial charge on any atom is -0.357 e. The van der Waals surface area contributed by atoms with E-state index in [1.54, 1.807) is 0 Å². The van der Waals surface area contributed by atoms with Crippen LogP contribution in [0.2, 0.25) is 0 Å². The first-order valence-corrected chi connectivity index (χ1v) is 9.35. The molecule has 1 heterocycles. The Morgan fingerprint density at radius 2 is 2.04 bits per heavy atom. The fourth-order valence-electron chi connectivity index (χ4n) is 3.16. The molecule has 4 nitrogen and oxygen atoms in total. The second kappa shape index (κ2) is 9.67. The summed E-state index contributed by atoms with van der Waals surface area (Å²) in [5, 5.41) is 6.92. The van der Waals surface area contributed by atoms with E-state index in [1.165, 1.54) is 37.1 Å². The molecule has 2 N–H and O–H groups in total. The quantitative estimate of drug-likeness (QED) is 0.622. The number of likely N-dealkylation sites (tertiary alicyclic amines) is 1. The van der Waals surface area contributed by atoms with Gasteiger partial charge in [-0.2, -0.15) is 0 Å². The lowest BCUT2D eigenvalue weighted by molar-refractivity contribution is 0.220. The van der Waals surface area contributed by atoms with Crippen LogP contribution in [-0.2, 0) is 0 Å². The monoisotopic (exact) mass is 330 g/mol. The van der Waals surface area contributed by atoms with Gasteiger partial charge in [0.15, 0.2) is 5.96 Å². The molecule has 1 saturated heterocycles. The Hall–Kier alpha value is -1.55. The number of nitrogens with zero attached hydrogens (tertiary/aromatic N) is 2. The number of benzene rings is 1. The topological polar surface area (TPSA) is 39.7 Å². The van der Waals surface area contributed by atoms with Crippen LogP contribution in [0.15, 0.2) is 29.3 Å². The number of nitrogens with one attached hydrogen (secondary N) is 2. The van der Waals surface area contributed by atoms with Gasteiger partial charge in [-0.25, -0.2) is 0 Å². The first-order chi connectivity index (χ1) is 11.6. The van der Waals surface area contributed by atoms with Gasteiger partial charge in [0.05, 0.1) is 0 Å². The van der Waals surface area contributed by atoms with Gasteiger partial charge in [0, 0.05) is 25.6 Å². The summed E-state index contributed by atoms with van der Waals surface area (Å²) in [7, 11) is 2.21. The number of hydrogen-bond acceptors (Lipinski definition) is 2. The van der Waals surface area contributed by atoms with E-state index in [2.05, 4.69) is 67.6 Å². The summed E-state index contributed by atoms with van der Waals surface area (Å²) < 4.78 is 0. The van der Waals surface area contributed by atoms with Gasteiger partial charge in [-0.3, -0.25) is 4.99 Å². The van der Waals surface area contributed by atoms with Crippen molar-refractivity contribution in [1.82, 2.24) is 15.5 Å². The summed E-state index contributed by atoms with van der Waals surface area (Å²) in [6, 6.07) is 8.74. The first-order valence-electron chi connectivity index (χ1n) is 9.35. The molecule has 2 rings (SSSR count). The van der Waals surface area contributed by atoms with Gasteiger partial charge >= 0.3 is 0 Å². The summed E-state index contributed by atoms with van der Waals surface area (Å²) in [6.45, 7) is 11.7. The van der Waals surface area contributed by atoms with Gasteiger partial charge in [-0.1, -0.05) is 36.8 Å². The predicted molar refractivity (Wildman–Crippen MR) is 104 cm³/mol. The molecule has 0 aromatic heterocycles. The van der Waals surface area contributed by atoms with Gasteiger partial charge in [-0.05, 0) is 58.3 Å². The summed E-state index contributed by atoms with van der Waals surface area (Å²) in [6.07, 6.45) is 2.56. The largest absolute Gasteiger partial charge is 0.357 e. The molecule has 0 aliphatic carbocycles. The Balaban J connectivity index is 1.85. The van der Waals surface area contributed by atoms with Crippen molar-refractivity contribution in [3.63, 3.8) is 0 Å². The number of aliphatic imine (C=N–C) groups is 1. The third-order valence-corrected chi connectivity index (χ3v) is 4.87. The maximum Gasteiger partial charge on any atom is 0.191 e. The van der Waals surface area contributed by atoms with Crippen molar-refractivity contribution in [1.29, 1.82) is 0 Å². The van der Waals surface area contributed by atoms with Crippen LogP contribution < -0.4 is 10.6 Å². The fraction of sp³-hybridized carbons (Fsp3) is 0.650. The van der Waals surface area contributed by atoms with Crippen LogP contribution in [0.25, 0.3) is 0 Å². The van der Waals surface area contributed by atoms with Crippen molar-refractivity contribution >= 4 is 5.96 Å².